The Morgan fingerprint density at radius 3 is 2.35 bits per heavy atom. The summed E-state index contributed by atoms with van der Waals surface area (Å²) in [5.74, 6) is -2.32. The van der Waals surface area contributed by atoms with Gasteiger partial charge in [-0.3, -0.25) is 9.59 Å². The molecule has 0 aliphatic heterocycles. The van der Waals surface area contributed by atoms with E-state index in [0.29, 0.717) is 5.69 Å². The number of aliphatic carboxylic acids is 1. The van der Waals surface area contributed by atoms with E-state index < -0.39 is 28.5 Å². The van der Waals surface area contributed by atoms with Crippen LogP contribution in [0.4, 0.5) is 10.1 Å². The first-order chi connectivity index (χ1) is 10.6. The fraction of sp³-hybridized carbons (Fsp3) is 0.400. The fourth-order valence-electron chi connectivity index (χ4n) is 1.47. The maximum atomic E-state index is 12.8. The molecule has 1 atom stereocenters. The topological polar surface area (TPSA) is 95.5 Å². The quantitative estimate of drug-likeness (QED) is 0.703. The SMILES string of the molecule is CC(SCC(=O)Nc1ccc(F)cc1)C(=O)NC(C)(C)C(=O)O. The first-order valence-electron chi connectivity index (χ1n) is 6.84. The van der Waals surface area contributed by atoms with Gasteiger partial charge < -0.3 is 15.7 Å². The highest BCUT2D eigenvalue weighted by Crippen LogP contribution is 2.14. The molecule has 0 radical (unpaired) electrons. The predicted octanol–water partition coefficient (Wildman–Crippen LogP) is 1.87. The molecule has 0 aromatic heterocycles. The number of anilines is 1. The van der Waals surface area contributed by atoms with E-state index in [2.05, 4.69) is 10.6 Å². The Balaban J connectivity index is 2.44. The molecule has 6 nitrogen and oxygen atoms in total. The van der Waals surface area contributed by atoms with Gasteiger partial charge in [0.25, 0.3) is 0 Å². The minimum Gasteiger partial charge on any atom is -0.480 e. The van der Waals surface area contributed by atoms with Gasteiger partial charge in [-0.1, -0.05) is 0 Å². The van der Waals surface area contributed by atoms with Crippen LogP contribution in [0.25, 0.3) is 0 Å². The van der Waals surface area contributed by atoms with Gasteiger partial charge in [-0.2, -0.15) is 0 Å². The number of hydrogen-bond donors (Lipinski definition) is 3. The number of benzene rings is 1. The maximum Gasteiger partial charge on any atom is 0.328 e. The van der Waals surface area contributed by atoms with Gasteiger partial charge in [-0.05, 0) is 45.0 Å². The van der Waals surface area contributed by atoms with E-state index in [1.54, 1.807) is 6.92 Å². The van der Waals surface area contributed by atoms with E-state index in [-0.39, 0.29) is 11.7 Å². The number of nitrogens with one attached hydrogen (secondary N) is 2. The number of thioether (sulfide) groups is 1. The van der Waals surface area contributed by atoms with Gasteiger partial charge >= 0.3 is 5.97 Å². The average molecular weight is 342 g/mol. The maximum absolute atomic E-state index is 12.8. The number of carboxylic acid groups (broad SMARTS) is 1. The van der Waals surface area contributed by atoms with Crippen LogP contribution in [-0.2, 0) is 14.4 Å². The molecule has 1 aromatic rings. The standard InChI is InChI=1S/C15H19FN2O4S/c1-9(13(20)18-15(2,3)14(21)22)23-8-12(19)17-11-6-4-10(16)5-7-11/h4-7,9H,8H2,1-3H3,(H,17,19)(H,18,20)(H,21,22). The summed E-state index contributed by atoms with van der Waals surface area (Å²) in [6, 6.07) is 5.33. The molecule has 23 heavy (non-hydrogen) atoms. The third-order valence-electron chi connectivity index (χ3n) is 2.93. The highest BCUT2D eigenvalue weighted by atomic mass is 32.2. The Bertz CT molecular complexity index is 590. The molecule has 126 valence electrons. The number of rotatable bonds is 7. The number of hydrogen-bond acceptors (Lipinski definition) is 4. The van der Waals surface area contributed by atoms with Crippen molar-refractivity contribution in [1.82, 2.24) is 5.32 Å². The summed E-state index contributed by atoms with van der Waals surface area (Å²) < 4.78 is 12.8. The van der Waals surface area contributed by atoms with Crippen LogP contribution in [0.2, 0.25) is 0 Å². The van der Waals surface area contributed by atoms with Gasteiger partial charge in [-0.25, -0.2) is 9.18 Å². The molecule has 0 aliphatic carbocycles. The third kappa shape index (κ3) is 6.27. The summed E-state index contributed by atoms with van der Waals surface area (Å²) in [6.07, 6.45) is 0. The molecule has 3 N–H and O–H groups in total. The number of amides is 2. The zero-order chi connectivity index (χ0) is 17.6. The first kappa shape index (κ1) is 19.0. The van der Waals surface area contributed by atoms with Gasteiger partial charge in [0, 0.05) is 5.69 Å². The lowest BCUT2D eigenvalue weighted by molar-refractivity contribution is -0.145. The monoisotopic (exact) mass is 342 g/mol. The Morgan fingerprint density at radius 1 is 1.26 bits per heavy atom. The summed E-state index contributed by atoms with van der Waals surface area (Å²) >= 11 is 1.08. The Morgan fingerprint density at radius 2 is 1.83 bits per heavy atom. The molecule has 1 aromatic carbocycles. The zero-order valence-corrected chi connectivity index (χ0v) is 13.9. The summed E-state index contributed by atoms with van der Waals surface area (Å²) in [6.45, 7) is 4.35. The molecule has 0 spiro atoms. The Kier molecular flexibility index (Phi) is 6.56. The second kappa shape index (κ2) is 7.96. The van der Waals surface area contributed by atoms with Gasteiger partial charge in [0.1, 0.15) is 11.4 Å². The lowest BCUT2D eigenvalue weighted by Crippen LogP contribution is -2.51. The summed E-state index contributed by atoms with van der Waals surface area (Å²) in [7, 11) is 0. The van der Waals surface area contributed by atoms with Crippen LogP contribution in [0.1, 0.15) is 20.8 Å². The van der Waals surface area contributed by atoms with Gasteiger partial charge in [0.15, 0.2) is 0 Å². The molecule has 0 bridgehead atoms. The van der Waals surface area contributed by atoms with Crippen molar-refractivity contribution in [2.45, 2.75) is 31.6 Å². The van der Waals surface area contributed by atoms with Crippen molar-refractivity contribution in [2.75, 3.05) is 11.1 Å². The van der Waals surface area contributed by atoms with Crippen LogP contribution in [0, 0.1) is 5.82 Å². The van der Waals surface area contributed by atoms with Crippen LogP contribution in [0.3, 0.4) is 0 Å². The van der Waals surface area contributed by atoms with Crippen molar-refractivity contribution in [3.63, 3.8) is 0 Å². The molecule has 0 saturated heterocycles. The molecular formula is C15H19FN2O4S. The Hall–Kier alpha value is -2.09. The van der Waals surface area contributed by atoms with Gasteiger partial charge in [-0.15, -0.1) is 11.8 Å². The Labute approximate surface area is 137 Å². The first-order valence-corrected chi connectivity index (χ1v) is 7.89. The molecule has 0 heterocycles. The molecule has 0 saturated carbocycles. The van der Waals surface area contributed by atoms with Crippen molar-refractivity contribution < 1.29 is 23.9 Å². The van der Waals surface area contributed by atoms with Gasteiger partial charge in [0.05, 0.1) is 11.0 Å². The summed E-state index contributed by atoms with van der Waals surface area (Å²) in [5.41, 5.74) is -0.913. The number of carbonyl (C=O) groups excluding carboxylic acids is 2. The van der Waals surface area contributed by atoms with E-state index >= 15 is 0 Å². The molecular weight excluding hydrogens is 323 g/mol. The third-order valence-corrected chi connectivity index (χ3v) is 4.07. The minimum atomic E-state index is -1.37. The van der Waals surface area contributed by atoms with E-state index in [1.165, 1.54) is 38.1 Å². The highest BCUT2D eigenvalue weighted by molar-refractivity contribution is 8.01. The number of carbonyl (C=O) groups is 3. The van der Waals surface area contributed by atoms with Crippen LogP contribution < -0.4 is 10.6 Å². The normalized spacial score (nSPS) is 12.3. The van der Waals surface area contributed by atoms with E-state index in [9.17, 15) is 18.8 Å². The van der Waals surface area contributed by atoms with Crippen molar-refractivity contribution >= 4 is 35.2 Å². The number of carboxylic acids is 1. The lowest BCUT2D eigenvalue weighted by atomic mass is 10.1. The average Bonchev–Trinajstić information content (AvgIpc) is 2.46. The van der Waals surface area contributed by atoms with Crippen molar-refractivity contribution in [1.29, 1.82) is 0 Å². The van der Waals surface area contributed by atoms with E-state index in [1.807, 2.05) is 0 Å². The van der Waals surface area contributed by atoms with Crippen LogP contribution >= 0.6 is 11.8 Å². The van der Waals surface area contributed by atoms with Gasteiger partial charge in [0.2, 0.25) is 11.8 Å². The molecule has 0 fully saturated rings. The van der Waals surface area contributed by atoms with Crippen LogP contribution in [0.15, 0.2) is 24.3 Å². The number of halogens is 1. The van der Waals surface area contributed by atoms with E-state index in [0.717, 1.165) is 11.8 Å². The molecule has 0 aliphatic rings. The summed E-state index contributed by atoms with van der Waals surface area (Å²) in [4.78, 5) is 34.6. The van der Waals surface area contributed by atoms with Crippen molar-refractivity contribution in [3.8, 4) is 0 Å². The smallest absolute Gasteiger partial charge is 0.328 e. The second-order valence-electron chi connectivity index (χ2n) is 5.43. The molecule has 1 rings (SSSR count). The fourth-order valence-corrected chi connectivity index (χ4v) is 2.15. The largest absolute Gasteiger partial charge is 0.480 e. The van der Waals surface area contributed by atoms with E-state index in [4.69, 9.17) is 5.11 Å². The minimum absolute atomic E-state index is 0.0134. The second-order valence-corrected chi connectivity index (χ2v) is 6.76. The zero-order valence-electron chi connectivity index (χ0n) is 13.1. The predicted molar refractivity (Wildman–Crippen MR) is 86.8 cm³/mol. The highest BCUT2D eigenvalue weighted by Gasteiger charge is 2.30. The lowest BCUT2D eigenvalue weighted by Gasteiger charge is -2.23. The molecule has 1 unspecified atom stereocenters. The van der Waals surface area contributed by atoms with Crippen LogP contribution in [-0.4, -0.2) is 39.4 Å². The van der Waals surface area contributed by atoms with Crippen molar-refractivity contribution in [3.05, 3.63) is 30.1 Å². The van der Waals surface area contributed by atoms with Crippen molar-refractivity contribution in [2.24, 2.45) is 0 Å². The summed E-state index contributed by atoms with van der Waals surface area (Å²) in [5, 5.41) is 13.4. The molecule has 8 heteroatoms. The van der Waals surface area contributed by atoms with Crippen LogP contribution in [0.5, 0.6) is 0 Å². The molecule has 2 amide bonds.